The molecule has 1 aromatic heterocycles. The van der Waals surface area contributed by atoms with Gasteiger partial charge >= 0.3 is 0 Å². The first-order valence-corrected chi connectivity index (χ1v) is 8.45. The lowest BCUT2D eigenvalue weighted by Gasteiger charge is -2.10. The molecule has 1 aromatic carbocycles. The molecule has 2 aromatic rings. The summed E-state index contributed by atoms with van der Waals surface area (Å²) in [5.74, 6) is 1.08. The van der Waals surface area contributed by atoms with Crippen molar-refractivity contribution in [3.05, 3.63) is 46.4 Å². The molecule has 0 aliphatic heterocycles. The summed E-state index contributed by atoms with van der Waals surface area (Å²) in [6.45, 7) is 5.36. The number of hydrogen-bond donors (Lipinski definition) is 1. The Hall–Kier alpha value is -0.840. The molecule has 2 nitrogen and oxygen atoms in total. The fourth-order valence-corrected chi connectivity index (χ4v) is 3.42. The number of aromatic nitrogens is 1. The van der Waals surface area contributed by atoms with Crippen LogP contribution in [0.15, 0.2) is 41.4 Å². The molecule has 1 heterocycles. The molecule has 0 amide bonds. The van der Waals surface area contributed by atoms with E-state index in [1.54, 1.807) is 0 Å². The smallest absolute Gasteiger partial charge is 0.109 e. The molecule has 1 unspecified atom stereocenters. The summed E-state index contributed by atoms with van der Waals surface area (Å²) in [7, 11) is 0. The molecule has 2 rings (SSSR count). The molecule has 0 aliphatic rings. The van der Waals surface area contributed by atoms with E-state index in [1.165, 1.54) is 14.8 Å². The van der Waals surface area contributed by atoms with Crippen molar-refractivity contribution in [1.82, 2.24) is 10.3 Å². The maximum Gasteiger partial charge on any atom is 0.109 e. The predicted molar refractivity (Wildman–Crippen MR) is 85.1 cm³/mol. The molecule has 0 spiro atoms. The number of aryl methyl sites for hydroxylation is 1. The Morgan fingerprint density at radius 2 is 2.11 bits per heavy atom. The van der Waals surface area contributed by atoms with E-state index in [1.807, 2.05) is 29.3 Å². The normalized spacial score (nSPS) is 12.5. The molecule has 0 radical (unpaired) electrons. The van der Waals surface area contributed by atoms with Crippen LogP contribution in [0.2, 0.25) is 0 Å². The molecule has 0 saturated heterocycles. The van der Waals surface area contributed by atoms with Gasteiger partial charge in [-0.25, -0.2) is 4.98 Å². The molecule has 1 atom stereocenters. The third-order valence-corrected chi connectivity index (χ3v) is 5.19. The maximum absolute atomic E-state index is 4.47. The number of hydrogen-bond acceptors (Lipinski definition) is 4. The highest BCUT2D eigenvalue weighted by Crippen LogP contribution is 2.21. The van der Waals surface area contributed by atoms with Crippen LogP contribution in [0.3, 0.4) is 0 Å². The van der Waals surface area contributed by atoms with Gasteiger partial charge in [0.2, 0.25) is 0 Å². The van der Waals surface area contributed by atoms with Crippen LogP contribution in [-0.4, -0.2) is 17.3 Å². The van der Waals surface area contributed by atoms with Crippen molar-refractivity contribution in [1.29, 1.82) is 0 Å². The molecular weight excluding hydrogens is 272 g/mol. The second kappa shape index (κ2) is 7.68. The van der Waals surface area contributed by atoms with Crippen molar-refractivity contribution >= 4 is 23.1 Å². The number of nitrogens with one attached hydrogen (secondary N) is 1. The van der Waals surface area contributed by atoms with Gasteiger partial charge in [-0.1, -0.05) is 25.1 Å². The van der Waals surface area contributed by atoms with Gasteiger partial charge in [0.15, 0.2) is 0 Å². The van der Waals surface area contributed by atoms with E-state index < -0.39 is 0 Å². The SMILES string of the molecule is CCc1cnc(C(C)NCCSc2ccccc2)s1. The van der Waals surface area contributed by atoms with E-state index in [0.717, 1.165) is 18.7 Å². The summed E-state index contributed by atoms with van der Waals surface area (Å²) in [6.07, 6.45) is 3.07. The summed E-state index contributed by atoms with van der Waals surface area (Å²) in [5.41, 5.74) is 0. The van der Waals surface area contributed by atoms with Gasteiger partial charge < -0.3 is 5.32 Å². The predicted octanol–water partition coefficient (Wildman–Crippen LogP) is 4.15. The van der Waals surface area contributed by atoms with Crippen molar-refractivity contribution < 1.29 is 0 Å². The van der Waals surface area contributed by atoms with Gasteiger partial charge in [0.25, 0.3) is 0 Å². The summed E-state index contributed by atoms with van der Waals surface area (Å²) in [6, 6.07) is 10.9. The first-order valence-electron chi connectivity index (χ1n) is 6.65. The van der Waals surface area contributed by atoms with Crippen LogP contribution in [-0.2, 0) is 6.42 Å². The highest BCUT2D eigenvalue weighted by molar-refractivity contribution is 7.99. The van der Waals surface area contributed by atoms with Gasteiger partial charge in [0, 0.05) is 28.3 Å². The van der Waals surface area contributed by atoms with Crippen molar-refractivity contribution in [3.63, 3.8) is 0 Å². The summed E-state index contributed by atoms with van der Waals surface area (Å²) in [4.78, 5) is 7.17. The Bertz CT molecular complexity index is 482. The van der Waals surface area contributed by atoms with Gasteiger partial charge in [-0.05, 0) is 25.5 Å². The van der Waals surface area contributed by atoms with Crippen molar-refractivity contribution in [2.75, 3.05) is 12.3 Å². The first kappa shape index (κ1) is 14.6. The van der Waals surface area contributed by atoms with Crippen LogP contribution in [0.5, 0.6) is 0 Å². The Balaban J connectivity index is 1.70. The Kier molecular flexibility index (Phi) is 5.89. The average molecular weight is 292 g/mol. The minimum atomic E-state index is 0.349. The zero-order chi connectivity index (χ0) is 13.5. The van der Waals surface area contributed by atoms with Crippen LogP contribution >= 0.6 is 23.1 Å². The molecular formula is C15H20N2S2. The lowest BCUT2D eigenvalue weighted by Crippen LogP contribution is -2.21. The van der Waals surface area contributed by atoms with Crippen LogP contribution in [0.1, 0.15) is 29.8 Å². The molecule has 1 N–H and O–H groups in total. The first-order chi connectivity index (χ1) is 9.29. The minimum Gasteiger partial charge on any atom is -0.307 e. The molecule has 0 aliphatic carbocycles. The van der Waals surface area contributed by atoms with E-state index in [-0.39, 0.29) is 0 Å². The minimum absolute atomic E-state index is 0.349. The topological polar surface area (TPSA) is 24.9 Å². The quantitative estimate of drug-likeness (QED) is 0.613. The van der Waals surface area contributed by atoms with Gasteiger partial charge in [0.1, 0.15) is 5.01 Å². The van der Waals surface area contributed by atoms with Crippen molar-refractivity contribution in [2.24, 2.45) is 0 Å². The van der Waals surface area contributed by atoms with Crippen LogP contribution in [0, 0.1) is 0 Å². The van der Waals surface area contributed by atoms with Crippen molar-refractivity contribution in [2.45, 2.75) is 31.2 Å². The molecule has 0 fully saturated rings. The van der Waals surface area contributed by atoms with Gasteiger partial charge in [-0.15, -0.1) is 23.1 Å². The fourth-order valence-electron chi connectivity index (χ4n) is 1.73. The second-order valence-electron chi connectivity index (χ2n) is 4.36. The Labute approximate surface area is 123 Å². The van der Waals surface area contributed by atoms with Crippen molar-refractivity contribution in [3.8, 4) is 0 Å². The number of thioether (sulfide) groups is 1. The third-order valence-electron chi connectivity index (χ3n) is 2.85. The van der Waals surface area contributed by atoms with Crippen LogP contribution in [0.4, 0.5) is 0 Å². The third kappa shape index (κ3) is 4.64. The van der Waals surface area contributed by atoms with E-state index in [9.17, 15) is 0 Å². The number of nitrogens with zero attached hydrogens (tertiary/aromatic N) is 1. The largest absolute Gasteiger partial charge is 0.307 e. The number of thiazole rings is 1. The van der Waals surface area contributed by atoms with Gasteiger partial charge in [0.05, 0.1) is 6.04 Å². The highest BCUT2D eigenvalue weighted by Gasteiger charge is 2.08. The Morgan fingerprint density at radius 1 is 1.32 bits per heavy atom. The zero-order valence-corrected chi connectivity index (χ0v) is 13.1. The van der Waals surface area contributed by atoms with Crippen LogP contribution < -0.4 is 5.32 Å². The summed E-state index contributed by atoms with van der Waals surface area (Å²) < 4.78 is 0. The summed E-state index contributed by atoms with van der Waals surface area (Å²) in [5, 5.41) is 4.73. The average Bonchev–Trinajstić information content (AvgIpc) is 2.93. The van der Waals surface area contributed by atoms with Gasteiger partial charge in [-0.3, -0.25) is 0 Å². The lowest BCUT2D eigenvalue weighted by molar-refractivity contribution is 0.598. The summed E-state index contributed by atoms with van der Waals surface area (Å²) >= 11 is 3.70. The maximum atomic E-state index is 4.47. The standard InChI is InChI=1S/C15H20N2S2/c1-3-13-11-17-15(19-13)12(2)16-9-10-18-14-7-5-4-6-8-14/h4-8,11-12,16H,3,9-10H2,1-2H3. The highest BCUT2D eigenvalue weighted by atomic mass is 32.2. The van der Waals surface area contributed by atoms with E-state index >= 15 is 0 Å². The van der Waals surface area contributed by atoms with E-state index in [0.29, 0.717) is 6.04 Å². The fraction of sp³-hybridized carbons (Fsp3) is 0.400. The molecule has 0 saturated carbocycles. The molecule has 0 bridgehead atoms. The molecule has 102 valence electrons. The van der Waals surface area contributed by atoms with E-state index in [2.05, 4.69) is 54.5 Å². The zero-order valence-electron chi connectivity index (χ0n) is 11.4. The molecule has 4 heteroatoms. The second-order valence-corrected chi connectivity index (χ2v) is 6.67. The Morgan fingerprint density at radius 3 is 2.79 bits per heavy atom. The lowest BCUT2D eigenvalue weighted by atomic mass is 10.3. The van der Waals surface area contributed by atoms with E-state index in [4.69, 9.17) is 0 Å². The van der Waals surface area contributed by atoms with Gasteiger partial charge in [-0.2, -0.15) is 0 Å². The molecule has 19 heavy (non-hydrogen) atoms. The van der Waals surface area contributed by atoms with Crippen LogP contribution in [0.25, 0.3) is 0 Å². The monoisotopic (exact) mass is 292 g/mol. The number of rotatable bonds is 7. The number of benzene rings is 1.